The van der Waals surface area contributed by atoms with Crippen LogP contribution in [0.15, 0.2) is 23.8 Å². The van der Waals surface area contributed by atoms with Gasteiger partial charge < -0.3 is 10.2 Å². The Morgan fingerprint density at radius 1 is 1.09 bits per heavy atom. The van der Waals surface area contributed by atoms with E-state index in [4.69, 9.17) is 0 Å². The van der Waals surface area contributed by atoms with Gasteiger partial charge in [0.1, 0.15) is 0 Å². The van der Waals surface area contributed by atoms with Crippen molar-refractivity contribution in [3.8, 4) is 0 Å². The summed E-state index contributed by atoms with van der Waals surface area (Å²) in [7, 11) is 0. The van der Waals surface area contributed by atoms with Crippen molar-refractivity contribution in [2.75, 3.05) is 0 Å². The fraction of sp³-hybridized carbons (Fsp3) is 0.857. The third-order valence-corrected chi connectivity index (χ3v) is 10.8. The highest BCUT2D eigenvalue weighted by molar-refractivity contribution is 5.38. The normalized spacial score (nSPS) is 46.0. The molecule has 2 N–H and O–H groups in total. The van der Waals surface area contributed by atoms with Crippen LogP contribution < -0.4 is 0 Å². The van der Waals surface area contributed by atoms with E-state index >= 15 is 0 Å². The molecule has 4 aliphatic rings. The van der Waals surface area contributed by atoms with Crippen LogP contribution >= 0.6 is 0 Å². The molecule has 0 aromatic rings. The Labute approximate surface area is 197 Å². The molecule has 0 aromatic carbocycles. The molecule has 9 atom stereocenters. The Balaban J connectivity index is 1.54. The maximum absolute atomic E-state index is 13.2. The molecule has 3 saturated carbocycles. The molecule has 0 aliphatic heterocycles. The van der Waals surface area contributed by atoms with Gasteiger partial charge in [0.2, 0.25) is 0 Å². The van der Waals surface area contributed by atoms with Crippen molar-refractivity contribution >= 4 is 0 Å². The summed E-state index contributed by atoms with van der Waals surface area (Å²) in [4.78, 5) is 0. The molecule has 0 spiro atoms. The fourth-order valence-electron chi connectivity index (χ4n) is 8.55. The predicted molar refractivity (Wildman–Crippen MR) is 125 cm³/mol. The van der Waals surface area contributed by atoms with Gasteiger partial charge in [-0.3, -0.25) is 0 Å². The minimum Gasteiger partial charge on any atom is -0.390 e. The number of allylic oxidation sites excluding steroid dienone is 2. The number of alkyl halides is 3. The summed E-state index contributed by atoms with van der Waals surface area (Å²) in [5.41, 5.74) is -0.457. The highest BCUT2D eigenvalue weighted by atomic mass is 19.4. The molecule has 0 radical (unpaired) electrons. The summed E-state index contributed by atoms with van der Waals surface area (Å²) in [6, 6.07) is 0. The van der Waals surface area contributed by atoms with E-state index in [0.717, 1.165) is 51.9 Å². The van der Waals surface area contributed by atoms with Crippen LogP contribution in [-0.4, -0.2) is 27.6 Å². The largest absolute Gasteiger partial charge is 0.416 e. The number of hydrogen-bond donors (Lipinski definition) is 2. The number of aliphatic hydroxyl groups is 2. The Morgan fingerprint density at radius 3 is 2.39 bits per heavy atom. The lowest BCUT2D eigenvalue weighted by Crippen LogP contribution is -2.52. The van der Waals surface area contributed by atoms with Crippen LogP contribution in [0.5, 0.6) is 0 Å². The van der Waals surface area contributed by atoms with Gasteiger partial charge in [0.25, 0.3) is 0 Å². The monoisotopic (exact) mass is 468 g/mol. The van der Waals surface area contributed by atoms with Gasteiger partial charge in [0.05, 0.1) is 5.60 Å². The fourth-order valence-corrected chi connectivity index (χ4v) is 8.55. The molecular weight excluding hydrogens is 425 g/mol. The van der Waals surface area contributed by atoms with E-state index < -0.39 is 17.4 Å². The molecule has 0 bridgehead atoms. The van der Waals surface area contributed by atoms with Crippen LogP contribution in [0, 0.1) is 40.4 Å². The first-order valence-electron chi connectivity index (χ1n) is 12.9. The summed E-state index contributed by atoms with van der Waals surface area (Å²) in [5.74, 6) is 2.01. The third-order valence-electron chi connectivity index (χ3n) is 10.8. The highest BCUT2D eigenvalue weighted by Crippen LogP contribution is 2.68. The van der Waals surface area contributed by atoms with Crippen molar-refractivity contribution in [3.63, 3.8) is 0 Å². The first-order valence-corrected chi connectivity index (χ1v) is 12.9. The lowest BCUT2D eigenvalue weighted by Gasteiger charge is -2.59. The smallest absolute Gasteiger partial charge is 0.390 e. The van der Waals surface area contributed by atoms with E-state index in [9.17, 15) is 23.4 Å². The second-order valence-corrected chi connectivity index (χ2v) is 13.1. The van der Waals surface area contributed by atoms with Crippen LogP contribution in [0.25, 0.3) is 0 Å². The Morgan fingerprint density at radius 2 is 1.76 bits per heavy atom. The summed E-state index contributed by atoms with van der Waals surface area (Å²) in [6.45, 7) is 14.2. The molecule has 0 heterocycles. The van der Waals surface area contributed by atoms with Crippen LogP contribution in [0.2, 0.25) is 0 Å². The van der Waals surface area contributed by atoms with Gasteiger partial charge in [-0.05, 0) is 112 Å². The number of rotatable bonds is 4. The van der Waals surface area contributed by atoms with Crippen molar-refractivity contribution in [1.82, 2.24) is 0 Å². The van der Waals surface area contributed by atoms with Gasteiger partial charge in [-0.15, -0.1) is 0 Å². The molecule has 0 aromatic heterocycles. The maximum atomic E-state index is 13.2. The molecule has 33 heavy (non-hydrogen) atoms. The topological polar surface area (TPSA) is 40.5 Å². The molecule has 0 amide bonds. The van der Waals surface area contributed by atoms with Crippen molar-refractivity contribution in [3.05, 3.63) is 23.8 Å². The van der Waals surface area contributed by atoms with Crippen LogP contribution in [-0.2, 0) is 0 Å². The number of fused-ring (bicyclic) bond motifs is 5. The summed E-state index contributed by atoms with van der Waals surface area (Å²) >= 11 is 0. The Kier molecular flexibility index (Phi) is 6.01. The summed E-state index contributed by atoms with van der Waals surface area (Å²) < 4.78 is 39.5. The van der Waals surface area contributed by atoms with Gasteiger partial charge >= 0.3 is 6.18 Å². The van der Waals surface area contributed by atoms with E-state index in [0.29, 0.717) is 30.1 Å². The van der Waals surface area contributed by atoms with E-state index in [-0.39, 0.29) is 23.2 Å². The zero-order chi connectivity index (χ0) is 24.6. The van der Waals surface area contributed by atoms with Crippen molar-refractivity contribution < 1.29 is 23.4 Å². The van der Waals surface area contributed by atoms with Crippen molar-refractivity contribution in [2.24, 2.45) is 40.4 Å². The van der Waals surface area contributed by atoms with Crippen LogP contribution in [0.3, 0.4) is 0 Å². The van der Waals surface area contributed by atoms with Crippen LogP contribution in [0.4, 0.5) is 13.2 Å². The second kappa shape index (κ2) is 7.85. The molecule has 2 nitrogen and oxygen atoms in total. The zero-order valence-electron chi connectivity index (χ0n) is 21.1. The molecule has 188 valence electrons. The van der Waals surface area contributed by atoms with Crippen molar-refractivity contribution in [2.45, 2.75) is 110 Å². The molecule has 0 unspecified atom stereocenters. The molecule has 4 rings (SSSR count). The highest BCUT2D eigenvalue weighted by Gasteiger charge is 2.60. The summed E-state index contributed by atoms with van der Waals surface area (Å²) in [6.07, 6.45) is 4.82. The first kappa shape index (κ1) is 25.3. The van der Waals surface area contributed by atoms with Crippen molar-refractivity contribution in [1.29, 1.82) is 0 Å². The van der Waals surface area contributed by atoms with Gasteiger partial charge in [-0.1, -0.05) is 44.6 Å². The van der Waals surface area contributed by atoms with Gasteiger partial charge in [0, 0.05) is 0 Å². The standard InChI is InChI=1S/C28H43F3O2/c1-17(9-12-27(6,33)28(29,30)31)20-7-8-21-23-18(2)15-19-16-24(3,32)13-14-25(19,4)22(23)10-11-26(20,21)5/h15,17,20-23,32-33H,2,7-14,16H2,1,3-6H3/t17-,20-,21+,22+,23+,24+,25+,26-,27+/m1/s1. The van der Waals surface area contributed by atoms with E-state index in [1.165, 1.54) is 11.1 Å². The molecular formula is C28H43F3O2. The quantitative estimate of drug-likeness (QED) is 0.457. The van der Waals surface area contributed by atoms with E-state index in [1.54, 1.807) is 0 Å². The predicted octanol–water partition coefficient (Wildman–Crippen LogP) is 7.21. The van der Waals surface area contributed by atoms with E-state index in [1.807, 2.05) is 6.92 Å². The maximum Gasteiger partial charge on any atom is 0.416 e. The number of hydrogen-bond acceptors (Lipinski definition) is 2. The van der Waals surface area contributed by atoms with Gasteiger partial charge in [-0.2, -0.15) is 13.2 Å². The molecule has 4 aliphatic carbocycles. The minimum atomic E-state index is -4.59. The molecule has 5 heteroatoms. The molecule has 0 saturated heterocycles. The summed E-state index contributed by atoms with van der Waals surface area (Å²) in [5, 5.41) is 20.6. The Hall–Kier alpha value is -0.810. The van der Waals surface area contributed by atoms with E-state index in [2.05, 4.69) is 33.4 Å². The molecule has 3 fully saturated rings. The average Bonchev–Trinajstić information content (AvgIpc) is 3.04. The first-order chi connectivity index (χ1) is 15.0. The Bertz CT molecular complexity index is 825. The second-order valence-electron chi connectivity index (χ2n) is 13.1. The third kappa shape index (κ3) is 4.03. The SMILES string of the molecule is C=C1C=C2C[C@@](C)(O)CC[C@]2(C)[C@H]2CC[C@]3(C)[C@@H]([C@H](C)CC[C@](C)(O)C(F)(F)F)CC[C@H]3[C@H]12. The minimum absolute atomic E-state index is 0.107. The lowest BCUT2D eigenvalue weighted by atomic mass is 9.45. The van der Waals surface area contributed by atoms with Gasteiger partial charge in [-0.25, -0.2) is 0 Å². The lowest BCUT2D eigenvalue weighted by molar-refractivity contribution is -0.256. The van der Waals surface area contributed by atoms with Crippen LogP contribution in [0.1, 0.15) is 92.4 Å². The average molecular weight is 469 g/mol. The number of halogens is 3. The zero-order valence-corrected chi connectivity index (χ0v) is 21.1. The van der Waals surface area contributed by atoms with Gasteiger partial charge in [0.15, 0.2) is 5.60 Å².